The van der Waals surface area contributed by atoms with Crippen molar-refractivity contribution in [1.29, 1.82) is 0 Å². The maximum absolute atomic E-state index is 12.2. The summed E-state index contributed by atoms with van der Waals surface area (Å²) in [7, 11) is 0. The quantitative estimate of drug-likeness (QED) is 0.551. The Morgan fingerprint density at radius 2 is 2.12 bits per heavy atom. The average Bonchev–Trinajstić information content (AvgIpc) is 3.31. The standard InChI is InChI=1S/C17H13N5O3/c23-16-13(8-10-2-1-6-18-10)12-4-3-11(9-14(12)20-16)19-17(24)21-15-5-7-25-22-15/h1-9,18H,(H,20,23)(H2,19,21,22,24)/b13-8-. The molecular formula is C17H13N5O3. The predicted molar refractivity (Wildman–Crippen MR) is 92.9 cm³/mol. The van der Waals surface area contributed by atoms with E-state index in [1.807, 2.05) is 12.1 Å². The summed E-state index contributed by atoms with van der Waals surface area (Å²) in [6.45, 7) is 0. The van der Waals surface area contributed by atoms with E-state index in [0.29, 0.717) is 22.8 Å². The average molecular weight is 335 g/mol. The van der Waals surface area contributed by atoms with Crippen LogP contribution in [-0.4, -0.2) is 22.1 Å². The van der Waals surface area contributed by atoms with E-state index in [-0.39, 0.29) is 5.91 Å². The van der Waals surface area contributed by atoms with Gasteiger partial charge < -0.3 is 20.1 Å². The van der Waals surface area contributed by atoms with Crippen LogP contribution in [0.1, 0.15) is 11.3 Å². The number of H-pyrrole nitrogens is 1. The van der Waals surface area contributed by atoms with Crippen molar-refractivity contribution in [3.8, 4) is 0 Å². The van der Waals surface area contributed by atoms with E-state index in [0.717, 1.165) is 11.3 Å². The molecule has 0 radical (unpaired) electrons. The number of nitrogens with zero attached hydrogens (tertiary/aromatic N) is 1. The number of amides is 3. The van der Waals surface area contributed by atoms with Gasteiger partial charge in [0, 0.05) is 29.2 Å². The van der Waals surface area contributed by atoms with E-state index in [2.05, 4.69) is 30.6 Å². The van der Waals surface area contributed by atoms with Crippen LogP contribution < -0.4 is 16.0 Å². The van der Waals surface area contributed by atoms with Gasteiger partial charge in [-0.1, -0.05) is 11.2 Å². The third kappa shape index (κ3) is 3.00. The minimum Gasteiger partial charge on any atom is -0.363 e. The monoisotopic (exact) mass is 335 g/mol. The minimum atomic E-state index is -0.458. The highest BCUT2D eigenvalue weighted by molar-refractivity contribution is 6.35. The van der Waals surface area contributed by atoms with Crippen LogP contribution >= 0.6 is 0 Å². The van der Waals surface area contributed by atoms with E-state index in [1.165, 1.54) is 12.3 Å². The number of aromatic amines is 1. The van der Waals surface area contributed by atoms with Crippen molar-refractivity contribution < 1.29 is 14.1 Å². The van der Waals surface area contributed by atoms with Crippen molar-refractivity contribution in [2.24, 2.45) is 0 Å². The van der Waals surface area contributed by atoms with Gasteiger partial charge in [-0.3, -0.25) is 10.1 Å². The van der Waals surface area contributed by atoms with Gasteiger partial charge in [-0.15, -0.1) is 0 Å². The van der Waals surface area contributed by atoms with Crippen molar-refractivity contribution in [1.82, 2.24) is 10.1 Å². The predicted octanol–water partition coefficient (Wildman–Crippen LogP) is 3.14. The van der Waals surface area contributed by atoms with Crippen LogP contribution in [0.3, 0.4) is 0 Å². The van der Waals surface area contributed by atoms with Gasteiger partial charge >= 0.3 is 6.03 Å². The Labute approximate surface area is 141 Å². The van der Waals surface area contributed by atoms with Gasteiger partial charge in [-0.25, -0.2) is 4.79 Å². The molecule has 0 saturated heterocycles. The maximum atomic E-state index is 12.2. The van der Waals surface area contributed by atoms with Gasteiger partial charge in [0.15, 0.2) is 5.82 Å². The van der Waals surface area contributed by atoms with Gasteiger partial charge in [-0.05, 0) is 30.3 Å². The first kappa shape index (κ1) is 14.8. The lowest BCUT2D eigenvalue weighted by atomic mass is 10.1. The summed E-state index contributed by atoms with van der Waals surface area (Å²) in [5.41, 5.74) is 3.37. The Bertz CT molecular complexity index is 958. The van der Waals surface area contributed by atoms with Gasteiger partial charge in [0.2, 0.25) is 0 Å². The maximum Gasteiger partial charge on any atom is 0.324 e. The van der Waals surface area contributed by atoms with Crippen LogP contribution in [0.15, 0.2) is 53.4 Å². The lowest BCUT2D eigenvalue weighted by Gasteiger charge is -2.07. The highest BCUT2D eigenvalue weighted by Crippen LogP contribution is 2.34. The SMILES string of the molecule is O=C(Nc1ccc2c(c1)NC(=O)/C2=C\c1ccc[nH]1)Nc1ccon1. The zero-order valence-electron chi connectivity index (χ0n) is 12.9. The third-order valence-corrected chi connectivity index (χ3v) is 3.66. The molecule has 2 aromatic heterocycles. The van der Waals surface area contributed by atoms with Crippen LogP contribution in [0.4, 0.5) is 22.0 Å². The zero-order chi connectivity index (χ0) is 17.2. The first-order valence-electron chi connectivity index (χ1n) is 7.48. The Hall–Kier alpha value is -3.81. The van der Waals surface area contributed by atoms with Crippen molar-refractivity contribution >= 4 is 40.8 Å². The minimum absolute atomic E-state index is 0.186. The zero-order valence-corrected chi connectivity index (χ0v) is 12.9. The van der Waals surface area contributed by atoms with E-state index in [4.69, 9.17) is 0 Å². The van der Waals surface area contributed by atoms with Crippen molar-refractivity contribution in [3.05, 3.63) is 60.1 Å². The Morgan fingerprint density at radius 3 is 2.88 bits per heavy atom. The third-order valence-electron chi connectivity index (χ3n) is 3.66. The molecule has 0 bridgehead atoms. The van der Waals surface area contributed by atoms with Crippen LogP contribution in [0.5, 0.6) is 0 Å². The molecule has 8 nitrogen and oxygen atoms in total. The van der Waals surface area contributed by atoms with E-state index < -0.39 is 6.03 Å². The van der Waals surface area contributed by atoms with E-state index in [9.17, 15) is 9.59 Å². The number of aromatic nitrogens is 2. The first-order chi connectivity index (χ1) is 12.2. The smallest absolute Gasteiger partial charge is 0.324 e. The summed E-state index contributed by atoms with van der Waals surface area (Å²) in [5.74, 6) is 0.122. The molecule has 1 aromatic carbocycles. The van der Waals surface area contributed by atoms with Crippen LogP contribution in [0, 0.1) is 0 Å². The fraction of sp³-hybridized carbons (Fsp3) is 0. The van der Waals surface area contributed by atoms with Gasteiger partial charge in [0.05, 0.1) is 11.3 Å². The number of hydrogen-bond acceptors (Lipinski definition) is 4. The van der Waals surface area contributed by atoms with Crippen LogP contribution in [-0.2, 0) is 4.79 Å². The second kappa shape index (κ2) is 6.00. The molecule has 0 unspecified atom stereocenters. The number of carbonyl (C=O) groups is 2. The molecule has 3 heterocycles. The molecule has 8 heteroatoms. The van der Waals surface area contributed by atoms with E-state index in [1.54, 1.807) is 30.5 Å². The molecule has 1 aliphatic heterocycles. The molecule has 124 valence electrons. The van der Waals surface area contributed by atoms with Crippen LogP contribution in [0.25, 0.3) is 11.6 Å². The summed E-state index contributed by atoms with van der Waals surface area (Å²) in [6, 6.07) is 10.0. The van der Waals surface area contributed by atoms with Crippen LogP contribution in [0.2, 0.25) is 0 Å². The summed E-state index contributed by atoms with van der Waals surface area (Å²) < 4.78 is 4.64. The lowest BCUT2D eigenvalue weighted by Crippen LogP contribution is -2.19. The van der Waals surface area contributed by atoms with Crippen molar-refractivity contribution in [2.75, 3.05) is 16.0 Å². The number of anilines is 3. The summed E-state index contributed by atoms with van der Waals surface area (Å²) in [5, 5.41) is 11.6. The molecule has 0 saturated carbocycles. The second-order valence-electron chi connectivity index (χ2n) is 5.36. The number of benzene rings is 1. The lowest BCUT2D eigenvalue weighted by molar-refractivity contribution is -0.110. The largest absolute Gasteiger partial charge is 0.363 e. The molecule has 0 aliphatic carbocycles. The molecule has 3 amide bonds. The highest BCUT2D eigenvalue weighted by Gasteiger charge is 2.24. The van der Waals surface area contributed by atoms with E-state index >= 15 is 0 Å². The summed E-state index contributed by atoms with van der Waals surface area (Å²) in [4.78, 5) is 27.1. The molecular weight excluding hydrogens is 322 g/mol. The topological polar surface area (TPSA) is 112 Å². The summed E-state index contributed by atoms with van der Waals surface area (Å²) >= 11 is 0. The number of carbonyl (C=O) groups excluding carboxylic acids is 2. The fourth-order valence-corrected chi connectivity index (χ4v) is 2.56. The Morgan fingerprint density at radius 1 is 1.20 bits per heavy atom. The number of urea groups is 1. The second-order valence-corrected chi connectivity index (χ2v) is 5.36. The number of nitrogens with one attached hydrogen (secondary N) is 4. The normalized spacial score (nSPS) is 14.2. The molecule has 0 spiro atoms. The number of rotatable bonds is 3. The molecule has 4 N–H and O–H groups in total. The highest BCUT2D eigenvalue weighted by atomic mass is 16.5. The summed E-state index contributed by atoms with van der Waals surface area (Å²) in [6.07, 6.45) is 4.94. The molecule has 25 heavy (non-hydrogen) atoms. The number of hydrogen-bond donors (Lipinski definition) is 4. The Balaban J connectivity index is 1.54. The Kier molecular flexibility index (Phi) is 3.55. The van der Waals surface area contributed by atoms with Crippen molar-refractivity contribution in [2.45, 2.75) is 0 Å². The molecule has 1 aliphatic rings. The van der Waals surface area contributed by atoms with Gasteiger partial charge in [0.25, 0.3) is 5.91 Å². The molecule has 4 rings (SSSR count). The molecule has 3 aromatic rings. The fourth-order valence-electron chi connectivity index (χ4n) is 2.56. The van der Waals surface area contributed by atoms with Gasteiger partial charge in [0.1, 0.15) is 6.26 Å². The molecule has 0 atom stereocenters. The van der Waals surface area contributed by atoms with Gasteiger partial charge in [-0.2, -0.15) is 0 Å². The molecule has 0 fully saturated rings. The van der Waals surface area contributed by atoms with Crippen molar-refractivity contribution in [3.63, 3.8) is 0 Å². The first-order valence-corrected chi connectivity index (χ1v) is 7.48. The number of fused-ring (bicyclic) bond motifs is 1.